The van der Waals surface area contributed by atoms with E-state index in [1.54, 1.807) is 30.3 Å². The van der Waals surface area contributed by atoms with Crippen LogP contribution in [0.3, 0.4) is 0 Å². The molecule has 0 unspecified atom stereocenters. The second-order valence-electron chi connectivity index (χ2n) is 11.2. The van der Waals surface area contributed by atoms with Gasteiger partial charge in [0.05, 0.1) is 0 Å². The van der Waals surface area contributed by atoms with Crippen LogP contribution in [0.2, 0.25) is 0 Å². The van der Waals surface area contributed by atoms with Crippen LogP contribution in [0, 0.1) is 35.2 Å². The number of ether oxygens (including phenoxy) is 1. The molecular formula is C35H37F3O. The summed E-state index contributed by atoms with van der Waals surface area (Å²) in [4.78, 5) is 0. The van der Waals surface area contributed by atoms with Crippen LogP contribution < -0.4 is 4.74 Å². The summed E-state index contributed by atoms with van der Waals surface area (Å²) >= 11 is 0. The molecule has 0 aliphatic heterocycles. The van der Waals surface area contributed by atoms with Crippen molar-refractivity contribution in [3.8, 4) is 28.0 Å². The second-order valence-corrected chi connectivity index (χ2v) is 11.2. The highest BCUT2D eigenvalue weighted by Crippen LogP contribution is 2.44. The molecular weight excluding hydrogens is 493 g/mol. The van der Waals surface area contributed by atoms with Gasteiger partial charge in [0.15, 0.2) is 11.6 Å². The van der Waals surface area contributed by atoms with Crippen LogP contribution in [-0.2, 0) is 0 Å². The molecule has 2 aliphatic rings. The van der Waals surface area contributed by atoms with E-state index >= 15 is 4.39 Å². The van der Waals surface area contributed by atoms with E-state index in [1.807, 2.05) is 6.07 Å². The van der Waals surface area contributed by atoms with E-state index in [0.717, 1.165) is 30.2 Å². The lowest BCUT2D eigenvalue weighted by Gasteiger charge is -2.37. The Hall–Kier alpha value is -3.27. The quantitative estimate of drug-likeness (QED) is 0.263. The van der Waals surface area contributed by atoms with Crippen molar-refractivity contribution >= 4 is 0 Å². The molecule has 0 spiro atoms. The molecule has 39 heavy (non-hydrogen) atoms. The van der Waals surface area contributed by atoms with Gasteiger partial charge in [-0.15, -0.1) is 6.58 Å². The summed E-state index contributed by atoms with van der Waals surface area (Å²) in [6, 6.07) is 15.4. The fourth-order valence-electron chi connectivity index (χ4n) is 6.64. The van der Waals surface area contributed by atoms with Gasteiger partial charge in [-0.3, -0.25) is 0 Å². The lowest BCUT2D eigenvalue weighted by Crippen LogP contribution is -2.25. The molecule has 204 valence electrons. The second kappa shape index (κ2) is 12.3. The molecule has 0 radical (unpaired) electrons. The maximum atomic E-state index is 15.3. The van der Waals surface area contributed by atoms with Crippen molar-refractivity contribution in [3.63, 3.8) is 0 Å². The first kappa shape index (κ1) is 27.3. The standard InChI is InChI=1S/C35H37F3O/c1-3-21-39-33-20-19-31(34(37)35(33)38)28-15-13-27(14-16-28)30-18-17-29(22-32(30)36)26-11-9-25(10-12-26)24-7-5-23(4-2)6-8-24/h3-4,13-20,22-26H,1-2,5-12,21H2. The molecule has 0 aromatic heterocycles. The van der Waals surface area contributed by atoms with Gasteiger partial charge in [0.1, 0.15) is 12.4 Å². The summed E-state index contributed by atoms with van der Waals surface area (Å²) in [7, 11) is 0. The zero-order valence-corrected chi connectivity index (χ0v) is 22.5. The molecule has 0 bridgehead atoms. The molecule has 5 rings (SSSR count). The Kier molecular flexibility index (Phi) is 8.60. The normalized spacial score (nSPS) is 23.3. The number of allylic oxidation sites excluding steroid dienone is 1. The van der Waals surface area contributed by atoms with Gasteiger partial charge < -0.3 is 4.74 Å². The van der Waals surface area contributed by atoms with E-state index < -0.39 is 11.6 Å². The van der Waals surface area contributed by atoms with E-state index in [4.69, 9.17) is 4.74 Å². The molecule has 3 aromatic carbocycles. The van der Waals surface area contributed by atoms with E-state index in [1.165, 1.54) is 56.7 Å². The molecule has 2 saturated carbocycles. The lowest BCUT2D eigenvalue weighted by atomic mass is 9.68. The lowest BCUT2D eigenvalue weighted by molar-refractivity contribution is 0.171. The van der Waals surface area contributed by atoms with Gasteiger partial charge in [0.25, 0.3) is 0 Å². The van der Waals surface area contributed by atoms with Gasteiger partial charge in [0, 0.05) is 11.1 Å². The van der Waals surface area contributed by atoms with Gasteiger partial charge in [-0.1, -0.05) is 55.1 Å². The zero-order valence-electron chi connectivity index (χ0n) is 22.5. The Labute approximate surface area is 230 Å². The topological polar surface area (TPSA) is 9.23 Å². The number of hydrogen-bond donors (Lipinski definition) is 0. The minimum absolute atomic E-state index is 0.0905. The zero-order chi connectivity index (χ0) is 27.4. The summed E-state index contributed by atoms with van der Waals surface area (Å²) in [5.41, 5.74) is 2.94. The molecule has 0 saturated heterocycles. The number of rotatable bonds is 8. The largest absolute Gasteiger partial charge is 0.486 e. The van der Waals surface area contributed by atoms with Gasteiger partial charge >= 0.3 is 0 Å². The van der Waals surface area contributed by atoms with Gasteiger partial charge in [-0.05, 0) is 110 Å². The highest BCUT2D eigenvalue weighted by molar-refractivity contribution is 5.71. The highest BCUT2D eigenvalue weighted by atomic mass is 19.2. The maximum absolute atomic E-state index is 15.3. The fourth-order valence-corrected chi connectivity index (χ4v) is 6.64. The van der Waals surface area contributed by atoms with Crippen LogP contribution in [-0.4, -0.2) is 6.61 Å². The molecule has 0 heterocycles. The first-order valence-electron chi connectivity index (χ1n) is 14.2. The molecule has 4 heteroatoms. The van der Waals surface area contributed by atoms with Crippen molar-refractivity contribution in [2.45, 2.75) is 57.3 Å². The third-order valence-electron chi connectivity index (χ3n) is 8.96. The Morgan fingerprint density at radius 3 is 1.87 bits per heavy atom. The Balaban J connectivity index is 1.24. The monoisotopic (exact) mass is 530 g/mol. The molecule has 1 nitrogen and oxygen atoms in total. The number of benzene rings is 3. The van der Waals surface area contributed by atoms with Crippen LogP contribution in [0.25, 0.3) is 22.3 Å². The van der Waals surface area contributed by atoms with Crippen LogP contribution in [0.1, 0.15) is 62.8 Å². The predicted molar refractivity (Wildman–Crippen MR) is 153 cm³/mol. The number of hydrogen-bond acceptors (Lipinski definition) is 1. The van der Waals surface area contributed by atoms with Crippen molar-refractivity contribution in [1.82, 2.24) is 0 Å². The minimum atomic E-state index is -1.03. The van der Waals surface area contributed by atoms with Gasteiger partial charge in [-0.2, -0.15) is 4.39 Å². The van der Waals surface area contributed by atoms with Gasteiger partial charge in [0.2, 0.25) is 5.82 Å². The predicted octanol–water partition coefficient (Wildman–Crippen LogP) is 10.3. The van der Waals surface area contributed by atoms with Crippen molar-refractivity contribution < 1.29 is 17.9 Å². The molecule has 2 aliphatic carbocycles. The van der Waals surface area contributed by atoms with Crippen LogP contribution in [0.4, 0.5) is 13.2 Å². The number of halogens is 3. The Morgan fingerprint density at radius 2 is 1.28 bits per heavy atom. The SMILES string of the molecule is C=CCOc1ccc(-c2ccc(-c3ccc(C4CCC(C5CCC(C=C)CC5)CC4)cc3F)cc2)c(F)c1F. The first-order chi connectivity index (χ1) is 19.0. The molecule has 0 atom stereocenters. The average molecular weight is 531 g/mol. The van der Waals surface area contributed by atoms with E-state index in [9.17, 15) is 8.78 Å². The molecule has 2 fully saturated rings. The van der Waals surface area contributed by atoms with E-state index in [0.29, 0.717) is 28.5 Å². The van der Waals surface area contributed by atoms with Crippen molar-refractivity contribution in [2.24, 2.45) is 17.8 Å². The van der Waals surface area contributed by atoms with Gasteiger partial charge in [-0.25, -0.2) is 8.78 Å². The molecule has 0 amide bonds. The average Bonchev–Trinajstić information content (AvgIpc) is 2.98. The van der Waals surface area contributed by atoms with Crippen molar-refractivity contribution in [3.05, 3.63) is 103 Å². The third kappa shape index (κ3) is 6.00. The Bertz CT molecular complexity index is 1300. The first-order valence-corrected chi connectivity index (χ1v) is 14.2. The summed E-state index contributed by atoms with van der Waals surface area (Å²) in [6.45, 7) is 7.57. The van der Waals surface area contributed by atoms with E-state index in [-0.39, 0.29) is 23.7 Å². The van der Waals surface area contributed by atoms with Crippen molar-refractivity contribution in [2.75, 3.05) is 6.61 Å². The van der Waals surface area contributed by atoms with Crippen molar-refractivity contribution in [1.29, 1.82) is 0 Å². The van der Waals surface area contributed by atoms with Crippen LogP contribution in [0.5, 0.6) is 5.75 Å². The van der Waals surface area contributed by atoms with Crippen LogP contribution in [0.15, 0.2) is 79.9 Å². The van der Waals surface area contributed by atoms with Crippen LogP contribution >= 0.6 is 0 Å². The third-order valence-corrected chi connectivity index (χ3v) is 8.96. The van der Waals surface area contributed by atoms with E-state index in [2.05, 4.69) is 25.3 Å². The Morgan fingerprint density at radius 1 is 0.692 bits per heavy atom. The minimum Gasteiger partial charge on any atom is -0.486 e. The maximum Gasteiger partial charge on any atom is 0.201 e. The molecule has 3 aromatic rings. The fraction of sp³-hybridized carbons (Fsp3) is 0.371. The molecule has 0 N–H and O–H groups in total. The summed E-state index contributed by atoms with van der Waals surface area (Å²) < 4.78 is 49.6. The summed E-state index contributed by atoms with van der Waals surface area (Å²) in [5.74, 6) is 0.362. The highest BCUT2D eigenvalue weighted by Gasteiger charge is 2.31. The smallest absolute Gasteiger partial charge is 0.201 e. The summed E-state index contributed by atoms with van der Waals surface area (Å²) in [5, 5.41) is 0. The summed E-state index contributed by atoms with van der Waals surface area (Å²) in [6.07, 6.45) is 13.5.